The van der Waals surface area contributed by atoms with Gasteiger partial charge in [0.15, 0.2) is 0 Å². The Morgan fingerprint density at radius 1 is 1.06 bits per heavy atom. The van der Waals surface area contributed by atoms with Crippen LogP contribution in [0.1, 0.15) is 39.2 Å². The molecule has 0 aliphatic heterocycles. The van der Waals surface area contributed by atoms with Crippen molar-refractivity contribution in [3.05, 3.63) is 29.8 Å². The molecule has 0 fully saturated rings. The van der Waals surface area contributed by atoms with Crippen molar-refractivity contribution in [2.75, 3.05) is 18.0 Å². The van der Waals surface area contributed by atoms with E-state index >= 15 is 0 Å². The normalized spacial score (nSPS) is 11.6. The number of hydrogen-bond acceptors (Lipinski definition) is 2. The zero-order valence-electron chi connectivity index (χ0n) is 11.7. The van der Waals surface area contributed by atoms with E-state index in [1.807, 2.05) is 0 Å². The van der Waals surface area contributed by atoms with Gasteiger partial charge in [0.05, 0.1) is 0 Å². The summed E-state index contributed by atoms with van der Waals surface area (Å²) in [5, 5.41) is 0. The maximum absolute atomic E-state index is 6.40. The van der Waals surface area contributed by atoms with Gasteiger partial charge in [-0.1, -0.05) is 31.5 Å². The molecule has 96 valence electrons. The Balaban J connectivity index is 2.81. The van der Waals surface area contributed by atoms with E-state index in [-0.39, 0.29) is 5.54 Å². The molecule has 1 aromatic carbocycles. The fraction of sp³-hybridized carbons (Fsp3) is 0.600. The third kappa shape index (κ3) is 3.74. The molecule has 1 aromatic rings. The predicted octanol–water partition coefficient (Wildman–Crippen LogP) is 3.34. The number of rotatable bonds is 6. The molecule has 0 unspecified atom stereocenters. The van der Waals surface area contributed by atoms with Gasteiger partial charge in [-0.15, -0.1) is 0 Å². The molecule has 0 radical (unpaired) electrons. The van der Waals surface area contributed by atoms with Gasteiger partial charge >= 0.3 is 0 Å². The van der Waals surface area contributed by atoms with E-state index in [1.54, 1.807) is 0 Å². The van der Waals surface area contributed by atoms with E-state index in [9.17, 15) is 0 Å². The number of aryl methyl sites for hydroxylation is 1. The molecule has 0 amide bonds. The maximum Gasteiger partial charge on any atom is 0.0366 e. The largest absolute Gasteiger partial charge is 0.370 e. The zero-order chi connectivity index (χ0) is 12.9. The first-order chi connectivity index (χ1) is 8.04. The second-order valence-corrected chi connectivity index (χ2v) is 4.92. The molecular weight excluding hydrogens is 208 g/mol. The van der Waals surface area contributed by atoms with Crippen LogP contribution >= 0.6 is 0 Å². The van der Waals surface area contributed by atoms with Crippen molar-refractivity contribution >= 4 is 5.69 Å². The highest BCUT2D eigenvalue weighted by Crippen LogP contribution is 2.20. The van der Waals surface area contributed by atoms with E-state index in [4.69, 9.17) is 5.73 Å². The lowest BCUT2D eigenvalue weighted by atomic mass is 9.93. The van der Waals surface area contributed by atoms with Gasteiger partial charge < -0.3 is 10.6 Å². The first-order valence-corrected chi connectivity index (χ1v) is 6.65. The lowest BCUT2D eigenvalue weighted by molar-refractivity contribution is 0.395. The molecule has 0 aliphatic carbocycles. The Bertz CT molecular complexity index is 325. The van der Waals surface area contributed by atoms with Gasteiger partial charge in [-0.2, -0.15) is 0 Å². The first kappa shape index (κ1) is 14.0. The van der Waals surface area contributed by atoms with Crippen molar-refractivity contribution in [3.8, 4) is 0 Å². The second-order valence-electron chi connectivity index (χ2n) is 4.92. The Labute approximate surface area is 106 Å². The van der Waals surface area contributed by atoms with E-state index in [0.29, 0.717) is 0 Å². The highest BCUT2D eigenvalue weighted by Gasteiger charge is 2.23. The number of nitrogens with zero attached hydrogens (tertiary/aromatic N) is 1. The fourth-order valence-electron chi connectivity index (χ4n) is 1.99. The standard InChI is InChI=1S/C15H26N2/c1-5-15(16,6-2)12-17(7-3)14-10-8-13(4)9-11-14/h8-11H,5-7,12,16H2,1-4H3. The fourth-order valence-corrected chi connectivity index (χ4v) is 1.99. The minimum absolute atomic E-state index is 0.0686. The van der Waals surface area contributed by atoms with Crippen molar-refractivity contribution < 1.29 is 0 Å². The topological polar surface area (TPSA) is 29.3 Å². The molecule has 0 saturated heterocycles. The number of likely N-dealkylation sites (N-methyl/N-ethyl adjacent to an activating group) is 1. The average Bonchev–Trinajstić information content (AvgIpc) is 2.37. The van der Waals surface area contributed by atoms with Crippen LogP contribution in [0.4, 0.5) is 5.69 Å². The van der Waals surface area contributed by atoms with Gasteiger partial charge in [-0.3, -0.25) is 0 Å². The summed E-state index contributed by atoms with van der Waals surface area (Å²) in [6.45, 7) is 10.6. The van der Waals surface area contributed by atoms with Crippen LogP contribution in [-0.2, 0) is 0 Å². The molecule has 0 atom stereocenters. The molecule has 1 rings (SSSR count). The lowest BCUT2D eigenvalue weighted by Gasteiger charge is -2.35. The summed E-state index contributed by atoms with van der Waals surface area (Å²) in [6.07, 6.45) is 2.04. The molecule has 2 heteroatoms. The van der Waals surface area contributed by atoms with E-state index in [2.05, 4.69) is 56.9 Å². The smallest absolute Gasteiger partial charge is 0.0366 e. The maximum atomic E-state index is 6.40. The van der Waals surface area contributed by atoms with E-state index < -0.39 is 0 Å². The monoisotopic (exact) mass is 234 g/mol. The van der Waals surface area contributed by atoms with Crippen LogP contribution in [0.25, 0.3) is 0 Å². The molecular formula is C15H26N2. The Kier molecular flexibility index (Phi) is 5.01. The van der Waals surface area contributed by atoms with Crippen LogP contribution in [-0.4, -0.2) is 18.6 Å². The summed E-state index contributed by atoms with van der Waals surface area (Å²) >= 11 is 0. The summed E-state index contributed by atoms with van der Waals surface area (Å²) < 4.78 is 0. The number of benzene rings is 1. The van der Waals surface area contributed by atoms with Gasteiger partial charge in [0.1, 0.15) is 0 Å². The molecule has 2 nitrogen and oxygen atoms in total. The summed E-state index contributed by atoms with van der Waals surface area (Å²) in [5.74, 6) is 0. The van der Waals surface area contributed by atoms with Gasteiger partial charge in [0.25, 0.3) is 0 Å². The molecule has 2 N–H and O–H groups in total. The number of hydrogen-bond donors (Lipinski definition) is 1. The Morgan fingerprint density at radius 2 is 1.59 bits per heavy atom. The van der Waals surface area contributed by atoms with Crippen molar-refractivity contribution in [2.24, 2.45) is 5.73 Å². The van der Waals surface area contributed by atoms with E-state index in [1.165, 1.54) is 11.3 Å². The minimum Gasteiger partial charge on any atom is -0.370 e. The Hall–Kier alpha value is -1.02. The molecule has 0 heterocycles. The lowest BCUT2D eigenvalue weighted by Crippen LogP contribution is -2.49. The SMILES string of the molecule is CCN(CC(N)(CC)CC)c1ccc(C)cc1. The van der Waals surface area contributed by atoms with Gasteiger partial charge in [0.2, 0.25) is 0 Å². The predicted molar refractivity (Wildman–Crippen MR) is 76.6 cm³/mol. The summed E-state index contributed by atoms with van der Waals surface area (Å²) in [4.78, 5) is 2.37. The third-order valence-corrected chi connectivity index (χ3v) is 3.69. The Morgan fingerprint density at radius 3 is 2.00 bits per heavy atom. The molecule has 0 aliphatic rings. The van der Waals surface area contributed by atoms with Crippen molar-refractivity contribution in [1.29, 1.82) is 0 Å². The van der Waals surface area contributed by atoms with E-state index in [0.717, 1.165) is 25.9 Å². The number of nitrogens with two attached hydrogens (primary N) is 1. The van der Waals surface area contributed by atoms with Crippen molar-refractivity contribution in [2.45, 2.75) is 46.1 Å². The molecule has 0 spiro atoms. The van der Waals surface area contributed by atoms with Crippen molar-refractivity contribution in [3.63, 3.8) is 0 Å². The van der Waals surface area contributed by atoms with Crippen molar-refractivity contribution in [1.82, 2.24) is 0 Å². The van der Waals surface area contributed by atoms with Gasteiger partial charge in [-0.25, -0.2) is 0 Å². The molecule has 17 heavy (non-hydrogen) atoms. The average molecular weight is 234 g/mol. The highest BCUT2D eigenvalue weighted by atomic mass is 15.1. The van der Waals surface area contributed by atoms with Crippen LogP contribution in [0.5, 0.6) is 0 Å². The van der Waals surface area contributed by atoms with Gasteiger partial charge in [-0.05, 0) is 38.8 Å². The van der Waals surface area contributed by atoms with Gasteiger partial charge in [0, 0.05) is 24.3 Å². The highest BCUT2D eigenvalue weighted by molar-refractivity contribution is 5.47. The van der Waals surface area contributed by atoms with Crippen LogP contribution in [0.15, 0.2) is 24.3 Å². The molecule has 0 aromatic heterocycles. The quantitative estimate of drug-likeness (QED) is 0.818. The summed E-state index contributed by atoms with van der Waals surface area (Å²) in [5.41, 5.74) is 8.90. The minimum atomic E-state index is -0.0686. The summed E-state index contributed by atoms with van der Waals surface area (Å²) in [7, 11) is 0. The third-order valence-electron chi connectivity index (χ3n) is 3.69. The van der Waals surface area contributed by atoms with Crippen LogP contribution in [0, 0.1) is 6.92 Å². The van der Waals surface area contributed by atoms with Crippen LogP contribution in [0.2, 0.25) is 0 Å². The molecule has 0 saturated carbocycles. The number of anilines is 1. The molecule has 0 bridgehead atoms. The van der Waals surface area contributed by atoms with Crippen LogP contribution < -0.4 is 10.6 Å². The zero-order valence-corrected chi connectivity index (χ0v) is 11.7. The first-order valence-electron chi connectivity index (χ1n) is 6.65. The summed E-state index contributed by atoms with van der Waals surface area (Å²) in [6, 6.07) is 8.69. The second kappa shape index (κ2) is 6.06. The van der Waals surface area contributed by atoms with Crippen LogP contribution in [0.3, 0.4) is 0 Å².